The molecule has 0 spiro atoms. The third-order valence-electron chi connectivity index (χ3n) is 5.40. The summed E-state index contributed by atoms with van der Waals surface area (Å²) in [7, 11) is 0. The number of ketones is 1. The van der Waals surface area contributed by atoms with Crippen LogP contribution in [0.25, 0.3) is 0 Å². The quantitative estimate of drug-likeness (QED) is 0.768. The SMILES string of the molecule is CC1=C(C(=O)Nc2ccc(F)cc2F)C(c2ccc(F)cc2)C2=C(CCCC2=O)N1. The third-order valence-corrected chi connectivity index (χ3v) is 5.40. The van der Waals surface area contributed by atoms with Gasteiger partial charge in [0, 0.05) is 40.9 Å². The molecule has 2 aromatic carbocycles. The lowest BCUT2D eigenvalue weighted by Gasteiger charge is -2.34. The number of amides is 1. The Morgan fingerprint density at radius 2 is 1.73 bits per heavy atom. The van der Waals surface area contributed by atoms with E-state index in [1.54, 1.807) is 6.92 Å². The monoisotopic (exact) mass is 412 g/mol. The van der Waals surface area contributed by atoms with E-state index < -0.39 is 29.3 Å². The van der Waals surface area contributed by atoms with Crippen LogP contribution < -0.4 is 10.6 Å². The van der Waals surface area contributed by atoms with Gasteiger partial charge in [-0.15, -0.1) is 0 Å². The number of halogens is 3. The van der Waals surface area contributed by atoms with Crippen LogP contribution in [-0.4, -0.2) is 11.7 Å². The van der Waals surface area contributed by atoms with E-state index in [4.69, 9.17) is 0 Å². The van der Waals surface area contributed by atoms with Gasteiger partial charge in [-0.1, -0.05) is 12.1 Å². The molecule has 1 aliphatic carbocycles. The average molecular weight is 412 g/mol. The maximum absolute atomic E-state index is 14.1. The number of carbonyl (C=O) groups excluding carboxylic acids is 2. The first kappa shape index (κ1) is 19.9. The van der Waals surface area contributed by atoms with E-state index in [1.807, 2.05) is 0 Å². The highest BCUT2D eigenvalue weighted by Crippen LogP contribution is 2.42. The van der Waals surface area contributed by atoms with E-state index in [0.29, 0.717) is 42.2 Å². The van der Waals surface area contributed by atoms with Gasteiger partial charge in [0.2, 0.25) is 0 Å². The van der Waals surface area contributed by atoms with E-state index >= 15 is 0 Å². The lowest BCUT2D eigenvalue weighted by molar-refractivity contribution is -0.116. The fourth-order valence-electron chi connectivity index (χ4n) is 4.05. The molecule has 1 aliphatic heterocycles. The zero-order valence-corrected chi connectivity index (χ0v) is 16.2. The van der Waals surface area contributed by atoms with E-state index in [9.17, 15) is 22.8 Å². The molecule has 0 saturated carbocycles. The lowest BCUT2D eigenvalue weighted by Crippen LogP contribution is -2.35. The van der Waals surface area contributed by atoms with Gasteiger partial charge >= 0.3 is 0 Å². The van der Waals surface area contributed by atoms with Crippen LogP contribution in [0.15, 0.2) is 65.0 Å². The van der Waals surface area contributed by atoms with Crippen molar-refractivity contribution in [3.8, 4) is 0 Å². The van der Waals surface area contributed by atoms with Crippen molar-refractivity contribution in [2.75, 3.05) is 5.32 Å². The van der Waals surface area contributed by atoms with Crippen molar-refractivity contribution in [2.45, 2.75) is 32.1 Å². The molecule has 30 heavy (non-hydrogen) atoms. The molecule has 1 amide bonds. The Bertz CT molecular complexity index is 1100. The zero-order valence-electron chi connectivity index (χ0n) is 16.2. The molecule has 0 radical (unpaired) electrons. The first-order chi connectivity index (χ1) is 14.3. The van der Waals surface area contributed by atoms with Gasteiger partial charge in [0.1, 0.15) is 17.5 Å². The molecule has 0 bridgehead atoms. The molecular weight excluding hydrogens is 393 g/mol. The molecule has 2 N–H and O–H groups in total. The van der Waals surface area contributed by atoms with Gasteiger partial charge in [-0.2, -0.15) is 0 Å². The molecule has 1 heterocycles. The number of hydrogen-bond acceptors (Lipinski definition) is 3. The molecule has 0 aromatic heterocycles. The standard InChI is InChI=1S/C23H19F3N2O2/c1-12-20(23(30)28-17-10-9-15(25)11-16(17)26)21(13-5-7-14(24)8-6-13)22-18(27-12)3-2-4-19(22)29/h5-11,21,27H,2-4H2,1H3,(H,28,30). The van der Waals surface area contributed by atoms with Crippen LogP contribution in [0.3, 0.4) is 0 Å². The van der Waals surface area contributed by atoms with Gasteiger partial charge in [0.25, 0.3) is 5.91 Å². The Hall–Kier alpha value is -3.35. The van der Waals surface area contributed by atoms with Crippen LogP contribution in [0.2, 0.25) is 0 Å². The van der Waals surface area contributed by atoms with Gasteiger partial charge in [0.15, 0.2) is 5.78 Å². The number of hydrogen-bond donors (Lipinski definition) is 2. The maximum Gasteiger partial charge on any atom is 0.254 e. The maximum atomic E-state index is 14.1. The summed E-state index contributed by atoms with van der Waals surface area (Å²) in [4.78, 5) is 25.9. The van der Waals surface area contributed by atoms with E-state index in [2.05, 4.69) is 10.6 Å². The van der Waals surface area contributed by atoms with E-state index in [-0.39, 0.29) is 17.0 Å². The molecule has 4 rings (SSSR count). The smallest absolute Gasteiger partial charge is 0.254 e. The van der Waals surface area contributed by atoms with Crippen LogP contribution in [0.4, 0.5) is 18.9 Å². The molecule has 2 aliphatic rings. The summed E-state index contributed by atoms with van der Waals surface area (Å²) in [6.07, 6.45) is 1.73. The predicted octanol–water partition coefficient (Wildman–Crippen LogP) is 4.71. The minimum Gasteiger partial charge on any atom is -0.362 e. The van der Waals surface area contributed by atoms with Gasteiger partial charge < -0.3 is 10.6 Å². The predicted molar refractivity (Wildman–Crippen MR) is 106 cm³/mol. The number of anilines is 1. The molecule has 2 aromatic rings. The van der Waals surface area contributed by atoms with Crippen LogP contribution >= 0.6 is 0 Å². The summed E-state index contributed by atoms with van der Waals surface area (Å²) in [5.74, 6) is -3.51. The summed E-state index contributed by atoms with van der Waals surface area (Å²) in [5.41, 5.74) is 2.40. The largest absolute Gasteiger partial charge is 0.362 e. The lowest BCUT2D eigenvalue weighted by atomic mass is 9.75. The Balaban J connectivity index is 1.78. The number of Topliss-reactive ketones (excluding diaryl/α,β-unsaturated/α-hetero) is 1. The fraction of sp³-hybridized carbons (Fsp3) is 0.217. The molecule has 1 unspecified atom stereocenters. The molecule has 0 saturated heterocycles. The number of benzene rings is 2. The summed E-state index contributed by atoms with van der Waals surface area (Å²) >= 11 is 0. The molecule has 7 heteroatoms. The summed E-state index contributed by atoms with van der Waals surface area (Å²) in [6, 6.07) is 8.48. The van der Waals surface area contributed by atoms with Crippen molar-refractivity contribution in [1.82, 2.24) is 5.32 Å². The van der Waals surface area contributed by atoms with Crippen molar-refractivity contribution in [2.24, 2.45) is 0 Å². The minimum absolute atomic E-state index is 0.0798. The molecule has 1 atom stereocenters. The van der Waals surface area contributed by atoms with Crippen LogP contribution in [0.1, 0.15) is 37.7 Å². The van der Waals surface area contributed by atoms with Crippen molar-refractivity contribution >= 4 is 17.4 Å². The summed E-state index contributed by atoms with van der Waals surface area (Å²) < 4.78 is 40.8. The van der Waals surface area contributed by atoms with Crippen molar-refractivity contribution in [1.29, 1.82) is 0 Å². The highest BCUT2D eigenvalue weighted by molar-refractivity contribution is 6.09. The third kappa shape index (κ3) is 3.63. The number of dihydropyridines is 1. The second-order valence-corrected chi connectivity index (χ2v) is 7.40. The topological polar surface area (TPSA) is 58.2 Å². The highest BCUT2D eigenvalue weighted by atomic mass is 19.1. The van der Waals surface area contributed by atoms with E-state index in [1.165, 1.54) is 24.3 Å². The van der Waals surface area contributed by atoms with Crippen LogP contribution in [-0.2, 0) is 9.59 Å². The highest BCUT2D eigenvalue weighted by Gasteiger charge is 2.38. The van der Waals surface area contributed by atoms with Gasteiger partial charge in [-0.25, -0.2) is 13.2 Å². The van der Waals surface area contributed by atoms with Gasteiger partial charge in [-0.05, 0) is 49.6 Å². The number of carbonyl (C=O) groups is 2. The molecule has 154 valence electrons. The van der Waals surface area contributed by atoms with Gasteiger partial charge in [0.05, 0.1) is 5.69 Å². The summed E-state index contributed by atoms with van der Waals surface area (Å²) in [6.45, 7) is 1.70. The van der Waals surface area contributed by atoms with Crippen molar-refractivity contribution in [3.05, 3.63) is 88.0 Å². The molecule has 0 fully saturated rings. The second kappa shape index (κ2) is 7.82. The van der Waals surface area contributed by atoms with E-state index in [0.717, 1.165) is 17.8 Å². The average Bonchev–Trinajstić information content (AvgIpc) is 2.70. The minimum atomic E-state index is -0.905. The molecule has 4 nitrogen and oxygen atoms in total. The fourth-order valence-corrected chi connectivity index (χ4v) is 4.05. The Morgan fingerprint density at radius 3 is 2.43 bits per heavy atom. The van der Waals surface area contributed by atoms with Crippen molar-refractivity contribution < 1.29 is 22.8 Å². The molecular formula is C23H19F3N2O2. The Kier molecular flexibility index (Phi) is 5.20. The van der Waals surface area contributed by atoms with Crippen LogP contribution in [0.5, 0.6) is 0 Å². The second-order valence-electron chi connectivity index (χ2n) is 7.40. The normalized spacial score (nSPS) is 18.8. The number of allylic oxidation sites excluding steroid dienone is 3. The van der Waals surface area contributed by atoms with Crippen molar-refractivity contribution in [3.63, 3.8) is 0 Å². The van der Waals surface area contributed by atoms with Gasteiger partial charge in [-0.3, -0.25) is 9.59 Å². The Morgan fingerprint density at radius 1 is 1.03 bits per heavy atom. The zero-order chi connectivity index (χ0) is 21.4. The summed E-state index contributed by atoms with van der Waals surface area (Å²) in [5, 5.41) is 5.62. The Labute approximate surface area is 171 Å². The number of rotatable bonds is 3. The first-order valence-corrected chi connectivity index (χ1v) is 9.61. The van der Waals surface area contributed by atoms with Crippen LogP contribution in [0, 0.1) is 17.5 Å². The first-order valence-electron chi connectivity index (χ1n) is 9.61. The number of nitrogens with one attached hydrogen (secondary N) is 2.